The second-order valence-corrected chi connectivity index (χ2v) is 7.44. The van der Waals surface area contributed by atoms with Gasteiger partial charge in [-0.1, -0.05) is 12.1 Å². The van der Waals surface area contributed by atoms with E-state index in [9.17, 15) is 5.11 Å². The summed E-state index contributed by atoms with van der Waals surface area (Å²) >= 11 is 1.84. The van der Waals surface area contributed by atoms with Crippen LogP contribution in [0.5, 0.6) is 5.75 Å². The van der Waals surface area contributed by atoms with Crippen molar-refractivity contribution in [2.75, 3.05) is 11.9 Å². The van der Waals surface area contributed by atoms with E-state index in [0.29, 0.717) is 5.75 Å². The number of phenolic OH excluding ortho intramolecular Hbond substituents is 1. The summed E-state index contributed by atoms with van der Waals surface area (Å²) < 4.78 is 0. The molecule has 0 fully saturated rings. The number of fused-ring (bicyclic) bond motifs is 3. The molecule has 2 N–H and O–H groups in total. The Hall–Kier alpha value is -2.14. The summed E-state index contributed by atoms with van der Waals surface area (Å²) in [4.78, 5) is 12.0. The van der Waals surface area contributed by atoms with Gasteiger partial charge in [-0.15, -0.1) is 11.3 Å². The van der Waals surface area contributed by atoms with Crippen molar-refractivity contribution in [3.8, 4) is 5.75 Å². The van der Waals surface area contributed by atoms with Crippen LogP contribution in [0.2, 0.25) is 0 Å². The fourth-order valence-corrected chi connectivity index (χ4v) is 4.69. The molecule has 0 saturated heterocycles. The number of nitrogens with zero attached hydrogens (tertiary/aromatic N) is 2. The van der Waals surface area contributed by atoms with Gasteiger partial charge in [0.15, 0.2) is 0 Å². The fraction of sp³-hybridized carbons (Fsp3) is 0.368. The van der Waals surface area contributed by atoms with Gasteiger partial charge in [0.05, 0.1) is 5.39 Å². The summed E-state index contributed by atoms with van der Waals surface area (Å²) in [6.07, 6.45) is 5.78. The molecule has 0 unspecified atom stereocenters. The molecule has 0 spiro atoms. The zero-order chi connectivity index (χ0) is 16.5. The average molecular weight is 339 g/mol. The first-order valence-corrected chi connectivity index (χ1v) is 9.33. The number of aromatic nitrogens is 2. The first kappa shape index (κ1) is 15.4. The third-order valence-corrected chi connectivity index (χ3v) is 5.75. The highest BCUT2D eigenvalue weighted by molar-refractivity contribution is 7.19. The van der Waals surface area contributed by atoms with E-state index < -0.39 is 0 Å². The predicted octanol–water partition coefficient (Wildman–Crippen LogP) is 4.24. The van der Waals surface area contributed by atoms with E-state index in [4.69, 9.17) is 0 Å². The van der Waals surface area contributed by atoms with Crippen LogP contribution in [0, 0.1) is 6.92 Å². The van der Waals surface area contributed by atoms with Crippen molar-refractivity contribution in [3.63, 3.8) is 0 Å². The molecule has 1 aliphatic rings. The standard InChI is InChI=1S/C19H21N3OS/c1-12-21-18(20-11-10-13-6-8-14(23)9-7-13)17-15-4-2-3-5-16(15)24-19(17)22-12/h6-9,23H,2-5,10-11H2,1H3,(H,20,21,22). The van der Waals surface area contributed by atoms with E-state index in [0.717, 1.165) is 35.9 Å². The Morgan fingerprint density at radius 1 is 1.12 bits per heavy atom. The van der Waals surface area contributed by atoms with Crippen LogP contribution in [-0.4, -0.2) is 21.6 Å². The quantitative estimate of drug-likeness (QED) is 0.746. The molecule has 1 aromatic carbocycles. The molecule has 124 valence electrons. The molecular formula is C19H21N3OS. The van der Waals surface area contributed by atoms with Crippen molar-refractivity contribution < 1.29 is 5.11 Å². The van der Waals surface area contributed by atoms with Crippen LogP contribution in [0.25, 0.3) is 10.2 Å². The molecule has 0 radical (unpaired) electrons. The first-order chi connectivity index (χ1) is 11.7. The SMILES string of the molecule is Cc1nc(NCCc2ccc(O)cc2)c2c3c(sc2n1)CCCC3. The van der Waals surface area contributed by atoms with E-state index in [1.165, 1.54) is 40.7 Å². The second-order valence-electron chi connectivity index (χ2n) is 6.35. The number of aromatic hydroxyl groups is 1. The third kappa shape index (κ3) is 2.96. The Morgan fingerprint density at radius 3 is 2.75 bits per heavy atom. The molecule has 4 rings (SSSR count). The smallest absolute Gasteiger partial charge is 0.138 e. The lowest BCUT2D eigenvalue weighted by Crippen LogP contribution is -2.09. The Bertz CT molecular complexity index is 870. The van der Waals surface area contributed by atoms with E-state index in [1.54, 1.807) is 12.1 Å². The molecule has 2 heterocycles. The van der Waals surface area contributed by atoms with Crippen LogP contribution in [0.15, 0.2) is 24.3 Å². The number of aryl methyl sites for hydroxylation is 3. The number of anilines is 1. The first-order valence-electron chi connectivity index (χ1n) is 8.51. The van der Waals surface area contributed by atoms with Crippen LogP contribution in [0.3, 0.4) is 0 Å². The number of phenols is 1. The topological polar surface area (TPSA) is 58.0 Å². The third-order valence-electron chi connectivity index (χ3n) is 4.57. The number of nitrogens with one attached hydrogen (secondary N) is 1. The van der Waals surface area contributed by atoms with E-state index in [-0.39, 0.29) is 0 Å². The highest BCUT2D eigenvalue weighted by Gasteiger charge is 2.20. The fourth-order valence-electron chi connectivity index (χ4n) is 3.38. The van der Waals surface area contributed by atoms with Gasteiger partial charge < -0.3 is 10.4 Å². The van der Waals surface area contributed by atoms with Crippen LogP contribution in [0.4, 0.5) is 5.82 Å². The normalized spacial score (nSPS) is 13.9. The monoisotopic (exact) mass is 339 g/mol. The van der Waals surface area contributed by atoms with Gasteiger partial charge in [-0.2, -0.15) is 0 Å². The summed E-state index contributed by atoms with van der Waals surface area (Å²) in [7, 11) is 0. The molecule has 2 aromatic heterocycles. The van der Waals surface area contributed by atoms with Crippen molar-refractivity contribution in [2.45, 2.75) is 39.0 Å². The number of thiophene rings is 1. The summed E-state index contributed by atoms with van der Waals surface area (Å²) in [5, 5.41) is 14.1. The molecule has 0 saturated carbocycles. The number of hydrogen-bond acceptors (Lipinski definition) is 5. The molecule has 0 aliphatic heterocycles. The highest BCUT2D eigenvalue weighted by Crippen LogP contribution is 2.38. The Labute approximate surface area is 145 Å². The number of hydrogen-bond donors (Lipinski definition) is 2. The zero-order valence-electron chi connectivity index (χ0n) is 13.8. The Kier molecular flexibility index (Phi) is 4.10. The molecule has 0 bridgehead atoms. The second kappa shape index (κ2) is 6.40. The maximum Gasteiger partial charge on any atom is 0.138 e. The lowest BCUT2D eigenvalue weighted by atomic mass is 9.97. The number of rotatable bonds is 4. The summed E-state index contributed by atoms with van der Waals surface area (Å²) in [6.45, 7) is 2.78. The highest BCUT2D eigenvalue weighted by atomic mass is 32.1. The Balaban J connectivity index is 1.58. The molecule has 24 heavy (non-hydrogen) atoms. The molecule has 0 atom stereocenters. The minimum atomic E-state index is 0.310. The van der Waals surface area contributed by atoms with Gasteiger partial charge in [-0.25, -0.2) is 9.97 Å². The van der Waals surface area contributed by atoms with E-state index in [1.807, 2.05) is 30.4 Å². The largest absolute Gasteiger partial charge is 0.508 e. The molecule has 1 aliphatic carbocycles. The van der Waals surface area contributed by atoms with Crippen molar-refractivity contribution in [1.82, 2.24) is 9.97 Å². The minimum absolute atomic E-state index is 0.310. The molecule has 0 amide bonds. The summed E-state index contributed by atoms with van der Waals surface area (Å²) in [5.74, 6) is 2.12. The van der Waals surface area contributed by atoms with Gasteiger partial charge in [0.1, 0.15) is 22.2 Å². The number of benzene rings is 1. The van der Waals surface area contributed by atoms with Crippen LogP contribution in [-0.2, 0) is 19.3 Å². The average Bonchev–Trinajstić information content (AvgIpc) is 2.94. The van der Waals surface area contributed by atoms with Crippen molar-refractivity contribution in [1.29, 1.82) is 0 Å². The summed E-state index contributed by atoms with van der Waals surface area (Å²) in [5.41, 5.74) is 2.67. The van der Waals surface area contributed by atoms with Gasteiger partial charge in [0, 0.05) is 11.4 Å². The molecule has 4 nitrogen and oxygen atoms in total. The minimum Gasteiger partial charge on any atom is -0.508 e. The molecular weight excluding hydrogens is 318 g/mol. The van der Waals surface area contributed by atoms with Crippen molar-refractivity contribution in [2.24, 2.45) is 0 Å². The van der Waals surface area contributed by atoms with Gasteiger partial charge >= 0.3 is 0 Å². The maximum atomic E-state index is 9.37. The van der Waals surface area contributed by atoms with Crippen LogP contribution < -0.4 is 5.32 Å². The van der Waals surface area contributed by atoms with Gasteiger partial charge in [0.2, 0.25) is 0 Å². The van der Waals surface area contributed by atoms with E-state index >= 15 is 0 Å². The lowest BCUT2D eigenvalue weighted by molar-refractivity contribution is 0.475. The van der Waals surface area contributed by atoms with Gasteiger partial charge in [-0.3, -0.25) is 0 Å². The van der Waals surface area contributed by atoms with Crippen LogP contribution in [0.1, 0.15) is 34.7 Å². The van der Waals surface area contributed by atoms with E-state index in [2.05, 4.69) is 15.3 Å². The lowest BCUT2D eigenvalue weighted by Gasteiger charge is -2.13. The van der Waals surface area contributed by atoms with Crippen LogP contribution >= 0.6 is 11.3 Å². The van der Waals surface area contributed by atoms with Gasteiger partial charge in [0.25, 0.3) is 0 Å². The van der Waals surface area contributed by atoms with Crippen molar-refractivity contribution in [3.05, 3.63) is 46.1 Å². The molecule has 5 heteroatoms. The maximum absolute atomic E-state index is 9.37. The zero-order valence-corrected chi connectivity index (χ0v) is 14.6. The van der Waals surface area contributed by atoms with Crippen molar-refractivity contribution >= 4 is 27.4 Å². The molecule has 3 aromatic rings. The summed E-state index contributed by atoms with van der Waals surface area (Å²) in [6, 6.07) is 7.39. The Morgan fingerprint density at radius 2 is 1.92 bits per heavy atom. The van der Waals surface area contributed by atoms with Gasteiger partial charge in [-0.05, 0) is 62.3 Å². The predicted molar refractivity (Wildman–Crippen MR) is 99.1 cm³/mol.